The number of hydrogen-bond acceptors (Lipinski definition) is 6. The molecule has 0 aliphatic carbocycles. The highest BCUT2D eigenvalue weighted by Gasteiger charge is 2.21. The normalized spacial score (nSPS) is 12.9. The van der Waals surface area contributed by atoms with E-state index in [0.717, 1.165) is 23.2 Å². The van der Waals surface area contributed by atoms with Gasteiger partial charge < -0.3 is 9.67 Å². The predicted octanol–water partition coefficient (Wildman–Crippen LogP) is 3.99. The van der Waals surface area contributed by atoms with Crippen molar-refractivity contribution in [2.45, 2.75) is 31.4 Å². The minimum atomic E-state index is -3.28. The number of amides is 1. The molecule has 1 amide bonds. The number of benzene rings is 1. The lowest BCUT2D eigenvalue weighted by Crippen LogP contribution is -2.17. The summed E-state index contributed by atoms with van der Waals surface area (Å²) < 4.78 is 25.5. The average molecular weight is 468 g/mol. The van der Waals surface area contributed by atoms with Gasteiger partial charge in [0, 0.05) is 19.0 Å². The first-order valence-corrected chi connectivity index (χ1v) is 12.2. The molecule has 1 unspecified atom stereocenters. The molecule has 160 valence electrons. The second-order valence-corrected chi connectivity index (χ2v) is 11.0. The number of aliphatic hydroxyl groups is 1. The first kappa shape index (κ1) is 22.5. The molecule has 1 atom stereocenters. The van der Waals surface area contributed by atoms with Gasteiger partial charge in [0.1, 0.15) is 10.0 Å². The highest BCUT2D eigenvalue weighted by Crippen LogP contribution is 2.26. The molecule has 0 saturated heterocycles. The maximum atomic E-state index is 12.9. The molecule has 0 aliphatic rings. The molecule has 0 saturated carbocycles. The Morgan fingerprint density at radius 1 is 1.30 bits per heavy atom. The van der Waals surface area contributed by atoms with Crippen molar-refractivity contribution in [1.29, 1.82) is 0 Å². The molecule has 0 bridgehead atoms. The molecule has 3 rings (SSSR count). The molecular formula is C20H22ClN3O4S2. The number of carbonyl (C=O) groups is 1. The van der Waals surface area contributed by atoms with Crippen LogP contribution in [0.1, 0.15) is 41.6 Å². The minimum absolute atomic E-state index is 0.0245. The van der Waals surface area contributed by atoms with Crippen molar-refractivity contribution >= 4 is 43.8 Å². The van der Waals surface area contributed by atoms with Gasteiger partial charge in [0.05, 0.1) is 17.2 Å². The summed E-state index contributed by atoms with van der Waals surface area (Å²) in [5.41, 5.74) is 1.79. The molecule has 0 fully saturated rings. The fourth-order valence-corrected chi connectivity index (χ4v) is 4.35. The van der Waals surface area contributed by atoms with E-state index in [2.05, 4.69) is 10.3 Å². The lowest BCUT2D eigenvalue weighted by molar-refractivity contribution is 0.101. The first-order valence-electron chi connectivity index (χ1n) is 9.14. The Labute approximate surface area is 184 Å². The molecular weight excluding hydrogens is 446 g/mol. The average Bonchev–Trinajstić information content (AvgIpc) is 3.27. The molecule has 0 aliphatic heterocycles. The molecule has 3 aromatic rings. The summed E-state index contributed by atoms with van der Waals surface area (Å²) in [5.74, 6) is -0.403. The van der Waals surface area contributed by atoms with E-state index >= 15 is 0 Å². The Kier molecular flexibility index (Phi) is 6.66. The van der Waals surface area contributed by atoms with Crippen LogP contribution in [0.2, 0.25) is 4.34 Å². The number of aromatic nitrogens is 2. The predicted molar refractivity (Wildman–Crippen MR) is 118 cm³/mol. The van der Waals surface area contributed by atoms with Crippen LogP contribution >= 0.6 is 22.9 Å². The lowest BCUT2D eigenvalue weighted by atomic mass is 10.0. The third kappa shape index (κ3) is 5.28. The lowest BCUT2D eigenvalue weighted by Gasteiger charge is -2.12. The zero-order valence-corrected chi connectivity index (χ0v) is 19.1. The molecule has 2 heterocycles. The number of aliphatic hydroxyl groups excluding tert-OH is 1. The smallest absolute Gasteiger partial charge is 0.274 e. The molecule has 0 radical (unpaired) electrons. The number of hydrogen-bond donors (Lipinski definition) is 2. The summed E-state index contributed by atoms with van der Waals surface area (Å²) in [5, 5.41) is 13.6. The highest BCUT2D eigenvalue weighted by atomic mass is 35.5. The molecule has 10 heteroatoms. The van der Waals surface area contributed by atoms with Gasteiger partial charge in [-0.25, -0.2) is 13.4 Å². The summed E-state index contributed by atoms with van der Waals surface area (Å²) in [6.45, 7) is 4.11. The number of nitrogens with one attached hydrogen (secondary N) is 1. The molecule has 0 spiro atoms. The Hall–Kier alpha value is -2.20. The van der Waals surface area contributed by atoms with Crippen molar-refractivity contribution in [3.8, 4) is 0 Å². The van der Waals surface area contributed by atoms with Crippen LogP contribution in [-0.2, 0) is 16.4 Å². The zero-order chi connectivity index (χ0) is 22.1. The zero-order valence-electron chi connectivity index (χ0n) is 16.7. The third-order valence-corrected chi connectivity index (χ3v) is 6.68. The van der Waals surface area contributed by atoms with E-state index in [0.29, 0.717) is 27.3 Å². The summed E-state index contributed by atoms with van der Waals surface area (Å²) >= 11 is 7.03. The molecule has 30 heavy (non-hydrogen) atoms. The van der Waals surface area contributed by atoms with E-state index < -0.39 is 15.9 Å². The Morgan fingerprint density at radius 3 is 2.50 bits per heavy atom. The monoisotopic (exact) mass is 467 g/mol. The van der Waals surface area contributed by atoms with Crippen molar-refractivity contribution in [1.82, 2.24) is 9.55 Å². The van der Waals surface area contributed by atoms with Gasteiger partial charge in [-0.1, -0.05) is 48.9 Å². The van der Waals surface area contributed by atoms with Crippen LogP contribution in [0.25, 0.3) is 0 Å². The molecule has 2 aromatic heterocycles. The maximum Gasteiger partial charge on any atom is 0.274 e. The number of halogens is 1. The van der Waals surface area contributed by atoms with Crippen LogP contribution in [0.4, 0.5) is 5.13 Å². The van der Waals surface area contributed by atoms with E-state index in [9.17, 15) is 18.3 Å². The largest absolute Gasteiger partial charge is 0.388 e. The number of thiazole rings is 1. The van der Waals surface area contributed by atoms with Gasteiger partial charge in [0.25, 0.3) is 5.91 Å². The van der Waals surface area contributed by atoms with Gasteiger partial charge in [-0.05, 0) is 35.2 Å². The van der Waals surface area contributed by atoms with E-state index in [1.54, 1.807) is 29.0 Å². The SMILES string of the molecule is CC(C)C(O)c1cc(C(=O)Nc2ncc(Cl)s2)n(Cc2ccc(S(C)(=O)=O)cc2)c1. The van der Waals surface area contributed by atoms with Crippen LogP contribution in [0.3, 0.4) is 0 Å². The van der Waals surface area contributed by atoms with Gasteiger partial charge in [-0.3, -0.25) is 10.1 Å². The summed E-state index contributed by atoms with van der Waals surface area (Å²) in [6, 6.07) is 8.14. The number of nitrogens with zero attached hydrogens (tertiary/aromatic N) is 2. The van der Waals surface area contributed by atoms with E-state index in [1.807, 2.05) is 13.8 Å². The number of rotatable bonds is 7. The van der Waals surface area contributed by atoms with Crippen molar-refractivity contribution in [2.75, 3.05) is 11.6 Å². The fourth-order valence-electron chi connectivity index (χ4n) is 2.91. The third-order valence-electron chi connectivity index (χ3n) is 4.53. The fraction of sp³-hybridized carbons (Fsp3) is 0.300. The van der Waals surface area contributed by atoms with Crippen molar-refractivity contribution < 1.29 is 18.3 Å². The Morgan fingerprint density at radius 2 is 1.97 bits per heavy atom. The van der Waals surface area contributed by atoms with Gasteiger partial charge in [0.2, 0.25) is 0 Å². The second-order valence-electron chi connectivity index (χ2n) is 7.32. The van der Waals surface area contributed by atoms with E-state index in [-0.39, 0.29) is 16.7 Å². The summed E-state index contributed by atoms with van der Waals surface area (Å²) in [4.78, 5) is 17.1. The summed E-state index contributed by atoms with van der Waals surface area (Å²) in [7, 11) is -3.28. The topological polar surface area (TPSA) is 101 Å². The van der Waals surface area contributed by atoms with Gasteiger partial charge >= 0.3 is 0 Å². The highest BCUT2D eigenvalue weighted by molar-refractivity contribution is 7.90. The number of sulfone groups is 1. The van der Waals surface area contributed by atoms with Gasteiger partial charge in [0.15, 0.2) is 15.0 Å². The van der Waals surface area contributed by atoms with E-state index in [4.69, 9.17) is 11.6 Å². The van der Waals surface area contributed by atoms with Gasteiger partial charge in [-0.2, -0.15) is 0 Å². The molecule has 1 aromatic carbocycles. The van der Waals surface area contributed by atoms with Crippen molar-refractivity contribution in [3.05, 3.63) is 63.9 Å². The van der Waals surface area contributed by atoms with Crippen LogP contribution in [0, 0.1) is 5.92 Å². The van der Waals surface area contributed by atoms with Crippen LogP contribution in [0.5, 0.6) is 0 Å². The molecule has 2 N–H and O–H groups in total. The number of carbonyl (C=O) groups excluding carboxylic acids is 1. The second kappa shape index (κ2) is 8.89. The Balaban J connectivity index is 1.92. The van der Waals surface area contributed by atoms with Gasteiger partial charge in [-0.15, -0.1) is 0 Å². The quantitative estimate of drug-likeness (QED) is 0.547. The van der Waals surface area contributed by atoms with Crippen LogP contribution < -0.4 is 5.32 Å². The maximum absolute atomic E-state index is 12.9. The summed E-state index contributed by atoms with van der Waals surface area (Å²) in [6.07, 6.45) is 3.62. The van der Waals surface area contributed by atoms with Crippen molar-refractivity contribution in [2.24, 2.45) is 5.92 Å². The molecule has 7 nitrogen and oxygen atoms in total. The number of anilines is 1. The standard InChI is InChI=1S/C20H22ClN3O4S2/c1-12(2)18(25)14-8-16(19(26)23-20-22-9-17(21)29-20)24(11-14)10-13-4-6-15(7-5-13)30(3,27)28/h4-9,11-12,18,25H,10H2,1-3H3,(H,22,23,26). The Bertz CT molecular complexity index is 1150. The van der Waals surface area contributed by atoms with Crippen LogP contribution in [-0.4, -0.2) is 35.2 Å². The van der Waals surface area contributed by atoms with E-state index in [1.165, 1.54) is 18.3 Å². The minimum Gasteiger partial charge on any atom is -0.388 e. The van der Waals surface area contributed by atoms with Crippen LogP contribution in [0.15, 0.2) is 47.6 Å². The first-order chi connectivity index (χ1) is 14.0. The van der Waals surface area contributed by atoms with Crippen molar-refractivity contribution in [3.63, 3.8) is 0 Å².